The van der Waals surface area contributed by atoms with E-state index in [2.05, 4.69) is 5.16 Å². The second kappa shape index (κ2) is 6.01. The average molecular weight is 257 g/mol. The van der Waals surface area contributed by atoms with E-state index in [0.29, 0.717) is 19.8 Å². The van der Waals surface area contributed by atoms with Crippen LogP contribution in [0.4, 0.5) is 0 Å². The van der Waals surface area contributed by atoms with Gasteiger partial charge in [-0.3, -0.25) is 4.79 Å². The van der Waals surface area contributed by atoms with Gasteiger partial charge in [-0.2, -0.15) is 0 Å². The maximum absolute atomic E-state index is 12.3. The largest absolute Gasteiger partial charge is 0.409 e. The number of ether oxygens (including phenoxy) is 2. The fourth-order valence-corrected chi connectivity index (χ4v) is 2.38. The van der Waals surface area contributed by atoms with Crippen molar-refractivity contribution in [1.82, 2.24) is 4.90 Å². The van der Waals surface area contributed by atoms with Gasteiger partial charge in [-0.15, -0.1) is 0 Å². The topological polar surface area (TPSA) is 97.4 Å². The molecular formula is C11H19N3O4. The molecule has 0 aromatic rings. The fraction of sp³-hybridized carbons (Fsp3) is 0.818. The Balaban J connectivity index is 2.05. The van der Waals surface area contributed by atoms with Gasteiger partial charge in [-0.1, -0.05) is 5.16 Å². The molecule has 2 atom stereocenters. The molecule has 0 aromatic heterocycles. The molecule has 0 aliphatic carbocycles. The highest BCUT2D eigenvalue weighted by atomic mass is 16.6. The van der Waals surface area contributed by atoms with E-state index < -0.39 is 6.10 Å². The first kappa shape index (κ1) is 13.1. The minimum atomic E-state index is -0.564. The summed E-state index contributed by atoms with van der Waals surface area (Å²) in [5, 5.41) is 11.8. The highest BCUT2D eigenvalue weighted by Gasteiger charge is 2.35. The SMILES string of the molecule is NC(=NO)C1CCCCN1C(=O)C1COCCO1. The second-order valence-electron chi connectivity index (χ2n) is 4.50. The summed E-state index contributed by atoms with van der Waals surface area (Å²) < 4.78 is 10.6. The van der Waals surface area contributed by atoms with Crippen LogP contribution in [-0.4, -0.2) is 60.4 Å². The van der Waals surface area contributed by atoms with Crippen LogP contribution in [0.1, 0.15) is 19.3 Å². The van der Waals surface area contributed by atoms with Crippen LogP contribution in [-0.2, 0) is 14.3 Å². The van der Waals surface area contributed by atoms with Crippen LogP contribution < -0.4 is 5.73 Å². The number of hydrogen-bond donors (Lipinski definition) is 2. The standard InChI is InChI=1S/C11H19N3O4/c12-10(13-16)8-3-1-2-4-14(8)11(15)9-7-17-5-6-18-9/h8-9,16H,1-7H2,(H2,12,13). The molecule has 2 aliphatic rings. The second-order valence-corrected chi connectivity index (χ2v) is 4.50. The normalized spacial score (nSPS) is 30.2. The number of rotatable bonds is 2. The molecule has 7 heteroatoms. The molecule has 2 fully saturated rings. The molecule has 2 unspecified atom stereocenters. The van der Waals surface area contributed by atoms with Gasteiger partial charge in [0.05, 0.1) is 25.9 Å². The first-order valence-corrected chi connectivity index (χ1v) is 6.21. The summed E-state index contributed by atoms with van der Waals surface area (Å²) in [5.74, 6) is -0.0502. The van der Waals surface area contributed by atoms with E-state index in [0.717, 1.165) is 19.3 Å². The van der Waals surface area contributed by atoms with Crippen molar-refractivity contribution in [2.45, 2.75) is 31.4 Å². The van der Waals surface area contributed by atoms with Crippen molar-refractivity contribution in [1.29, 1.82) is 0 Å². The number of hydrogen-bond acceptors (Lipinski definition) is 5. The number of nitrogens with zero attached hydrogens (tertiary/aromatic N) is 2. The molecule has 2 saturated heterocycles. The molecule has 2 heterocycles. The fourth-order valence-electron chi connectivity index (χ4n) is 2.38. The summed E-state index contributed by atoms with van der Waals surface area (Å²) in [6.45, 7) is 1.84. The van der Waals surface area contributed by atoms with Crippen LogP contribution in [0.2, 0.25) is 0 Å². The van der Waals surface area contributed by atoms with Gasteiger partial charge < -0.3 is 25.3 Å². The van der Waals surface area contributed by atoms with E-state index in [4.69, 9.17) is 20.4 Å². The van der Waals surface area contributed by atoms with Crippen LogP contribution in [0.5, 0.6) is 0 Å². The molecule has 0 saturated carbocycles. The van der Waals surface area contributed by atoms with Crippen molar-refractivity contribution >= 4 is 11.7 Å². The van der Waals surface area contributed by atoms with Gasteiger partial charge in [0, 0.05) is 6.54 Å². The van der Waals surface area contributed by atoms with Gasteiger partial charge in [0.25, 0.3) is 5.91 Å². The zero-order chi connectivity index (χ0) is 13.0. The number of likely N-dealkylation sites (tertiary alicyclic amines) is 1. The number of nitrogens with two attached hydrogens (primary N) is 1. The summed E-state index contributed by atoms with van der Waals surface area (Å²) in [7, 11) is 0. The highest BCUT2D eigenvalue weighted by Crippen LogP contribution is 2.19. The molecular weight excluding hydrogens is 238 g/mol. The molecule has 0 spiro atoms. The first-order valence-electron chi connectivity index (χ1n) is 6.21. The number of carbonyl (C=O) groups excluding carboxylic acids is 1. The Morgan fingerprint density at radius 2 is 2.22 bits per heavy atom. The van der Waals surface area contributed by atoms with Crippen molar-refractivity contribution < 1.29 is 19.5 Å². The summed E-state index contributed by atoms with van der Waals surface area (Å²) in [6.07, 6.45) is 2.04. The number of amides is 1. The van der Waals surface area contributed by atoms with Gasteiger partial charge in [0.1, 0.15) is 0 Å². The van der Waals surface area contributed by atoms with Gasteiger partial charge in [-0.05, 0) is 19.3 Å². The zero-order valence-corrected chi connectivity index (χ0v) is 10.2. The molecule has 2 aliphatic heterocycles. The van der Waals surface area contributed by atoms with Gasteiger partial charge in [0.15, 0.2) is 11.9 Å². The third-order valence-corrected chi connectivity index (χ3v) is 3.33. The lowest BCUT2D eigenvalue weighted by molar-refractivity contribution is -0.160. The quantitative estimate of drug-likeness (QED) is 0.302. The Morgan fingerprint density at radius 1 is 1.39 bits per heavy atom. The van der Waals surface area contributed by atoms with Crippen molar-refractivity contribution in [3.05, 3.63) is 0 Å². The van der Waals surface area contributed by atoms with Gasteiger partial charge >= 0.3 is 0 Å². The van der Waals surface area contributed by atoms with Crippen molar-refractivity contribution in [3.8, 4) is 0 Å². The van der Waals surface area contributed by atoms with Crippen LogP contribution in [0.25, 0.3) is 0 Å². The summed E-state index contributed by atoms with van der Waals surface area (Å²) >= 11 is 0. The number of amidine groups is 1. The van der Waals surface area contributed by atoms with E-state index in [-0.39, 0.29) is 24.4 Å². The van der Waals surface area contributed by atoms with Crippen molar-refractivity contribution in [2.24, 2.45) is 10.9 Å². The Hall–Kier alpha value is -1.34. The Bertz CT molecular complexity index is 328. The average Bonchev–Trinajstić information content (AvgIpc) is 2.46. The maximum atomic E-state index is 12.3. The number of piperidine rings is 1. The molecule has 7 nitrogen and oxygen atoms in total. The third kappa shape index (κ3) is 2.73. The molecule has 0 bridgehead atoms. The van der Waals surface area contributed by atoms with Crippen molar-refractivity contribution in [2.75, 3.05) is 26.4 Å². The predicted molar refractivity (Wildman–Crippen MR) is 63.3 cm³/mol. The Kier molecular flexibility index (Phi) is 4.38. The summed E-state index contributed by atoms with van der Waals surface area (Å²) in [4.78, 5) is 13.9. The highest BCUT2D eigenvalue weighted by molar-refractivity contribution is 5.91. The van der Waals surface area contributed by atoms with E-state index in [1.54, 1.807) is 4.90 Å². The smallest absolute Gasteiger partial charge is 0.254 e. The minimum absolute atomic E-state index is 0.0831. The Morgan fingerprint density at radius 3 is 2.89 bits per heavy atom. The molecule has 3 N–H and O–H groups in total. The molecule has 0 aromatic carbocycles. The van der Waals surface area contributed by atoms with Crippen LogP contribution in [0, 0.1) is 0 Å². The van der Waals surface area contributed by atoms with Crippen LogP contribution in [0.3, 0.4) is 0 Å². The Labute approximate surface area is 106 Å². The molecule has 18 heavy (non-hydrogen) atoms. The van der Waals surface area contributed by atoms with Crippen LogP contribution in [0.15, 0.2) is 5.16 Å². The number of oxime groups is 1. The lowest BCUT2D eigenvalue weighted by atomic mass is 10.0. The minimum Gasteiger partial charge on any atom is -0.409 e. The van der Waals surface area contributed by atoms with E-state index >= 15 is 0 Å². The van der Waals surface area contributed by atoms with Crippen molar-refractivity contribution in [3.63, 3.8) is 0 Å². The lowest BCUT2D eigenvalue weighted by Gasteiger charge is -2.37. The van der Waals surface area contributed by atoms with Gasteiger partial charge in [0.2, 0.25) is 0 Å². The number of carbonyl (C=O) groups is 1. The van der Waals surface area contributed by atoms with Crippen LogP contribution >= 0.6 is 0 Å². The van der Waals surface area contributed by atoms with E-state index in [9.17, 15) is 4.79 Å². The lowest BCUT2D eigenvalue weighted by Crippen LogP contribution is -2.55. The molecule has 1 amide bonds. The molecule has 2 rings (SSSR count). The monoisotopic (exact) mass is 257 g/mol. The van der Waals surface area contributed by atoms with Gasteiger partial charge in [-0.25, -0.2) is 0 Å². The molecule has 102 valence electrons. The summed E-state index contributed by atoms with van der Waals surface area (Å²) in [5.41, 5.74) is 5.64. The third-order valence-electron chi connectivity index (χ3n) is 3.33. The molecule has 0 radical (unpaired) electrons. The van der Waals surface area contributed by atoms with E-state index in [1.165, 1.54) is 0 Å². The first-order chi connectivity index (χ1) is 8.74. The predicted octanol–water partition coefficient (Wildman–Crippen LogP) is -0.471. The summed E-state index contributed by atoms with van der Waals surface area (Å²) in [6, 6.07) is -0.332. The maximum Gasteiger partial charge on any atom is 0.254 e. The van der Waals surface area contributed by atoms with E-state index in [1.807, 2.05) is 0 Å². The zero-order valence-electron chi connectivity index (χ0n) is 10.2.